The highest BCUT2D eigenvalue weighted by Crippen LogP contribution is 2.35. The summed E-state index contributed by atoms with van der Waals surface area (Å²) in [5.41, 5.74) is 2.04. The Morgan fingerprint density at radius 3 is 2.62 bits per heavy atom. The highest BCUT2D eigenvalue weighted by Gasteiger charge is 2.18. The van der Waals surface area contributed by atoms with Crippen LogP contribution in [0.3, 0.4) is 0 Å². The molecule has 21 heavy (non-hydrogen) atoms. The maximum Gasteiger partial charge on any atom is 0.231 e. The van der Waals surface area contributed by atoms with Crippen LogP contribution in [-0.2, 0) is 6.42 Å². The van der Waals surface area contributed by atoms with Gasteiger partial charge >= 0.3 is 0 Å². The standard InChI is InChI=1S/C17H15NO3/c1-19-15-5-2-12(3-6-15)8-14(10-18)13-4-7-16-17(9-13)21-11-20-16/h2-7,9,14H,8,11H2,1H3. The minimum Gasteiger partial charge on any atom is -0.497 e. The van der Waals surface area contributed by atoms with Crippen LogP contribution >= 0.6 is 0 Å². The van der Waals surface area contributed by atoms with Crippen LogP contribution in [0.4, 0.5) is 0 Å². The van der Waals surface area contributed by atoms with Crippen LogP contribution < -0.4 is 14.2 Å². The number of ether oxygens (including phenoxy) is 3. The summed E-state index contributed by atoms with van der Waals surface area (Å²) in [6.07, 6.45) is 0.653. The van der Waals surface area contributed by atoms with Gasteiger partial charge in [0.25, 0.3) is 0 Å². The Kier molecular flexibility index (Phi) is 3.65. The van der Waals surface area contributed by atoms with Crippen LogP contribution in [0.2, 0.25) is 0 Å². The molecule has 2 aromatic carbocycles. The highest BCUT2D eigenvalue weighted by atomic mass is 16.7. The number of nitriles is 1. The molecule has 1 heterocycles. The molecular weight excluding hydrogens is 266 g/mol. The molecule has 0 aliphatic carbocycles. The Labute approximate surface area is 123 Å². The van der Waals surface area contributed by atoms with Crippen molar-refractivity contribution in [2.75, 3.05) is 13.9 Å². The second kappa shape index (κ2) is 5.76. The predicted octanol–water partition coefficient (Wildman–Crippen LogP) is 3.27. The molecule has 4 heteroatoms. The molecule has 1 aliphatic heterocycles. The molecule has 0 bridgehead atoms. The van der Waals surface area contributed by atoms with Crippen molar-refractivity contribution < 1.29 is 14.2 Å². The molecule has 0 amide bonds. The van der Waals surface area contributed by atoms with Gasteiger partial charge in [-0.2, -0.15) is 5.26 Å². The van der Waals surface area contributed by atoms with Crippen molar-refractivity contribution in [3.63, 3.8) is 0 Å². The zero-order chi connectivity index (χ0) is 14.7. The van der Waals surface area contributed by atoms with Crippen molar-refractivity contribution in [2.24, 2.45) is 0 Å². The minimum atomic E-state index is -0.215. The smallest absolute Gasteiger partial charge is 0.231 e. The van der Waals surface area contributed by atoms with Gasteiger partial charge in [-0.15, -0.1) is 0 Å². The molecule has 1 aliphatic rings. The Bertz CT molecular complexity index is 673. The van der Waals surface area contributed by atoms with E-state index in [0.717, 1.165) is 22.6 Å². The van der Waals surface area contributed by atoms with Crippen LogP contribution in [0.1, 0.15) is 17.0 Å². The molecule has 1 atom stereocenters. The number of hydrogen-bond donors (Lipinski definition) is 0. The van der Waals surface area contributed by atoms with Gasteiger partial charge in [-0.1, -0.05) is 18.2 Å². The third-order valence-electron chi connectivity index (χ3n) is 3.55. The molecule has 4 nitrogen and oxygen atoms in total. The fourth-order valence-corrected chi connectivity index (χ4v) is 2.37. The van der Waals surface area contributed by atoms with Crippen molar-refractivity contribution in [3.05, 3.63) is 53.6 Å². The fourth-order valence-electron chi connectivity index (χ4n) is 2.37. The molecule has 0 spiro atoms. The molecule has 0 fully saturated rings. The maximum absolute atomic E-state index is 9.44. The largest absolute Gasteiger partial charge is 0.497 e. The van der Waals surface area contributed by atoms with Crippen molar-refractivity contribution in [3.8, 4) is 23.3 Å². The Hall–Kier alpha value is -2.67. The Morgan fingerprint density at radius 1 is 1.14 bits per heavy atom. The highest BCUT2D eigenvalue weighted by molar-refractivity contribution is 5.46. The van der Waals surface area contributed by atoms with E-state index < -0.39 is 0 Å². The molecule has 2 aromatic rings. The van der Waals surface area contributed by atoms with Crippen LogP contribution in [0.25, 0.3) is 0 Å². The first-order valence-corrected chi connectivity index (χ1v) is 6.72. The third-order valence-corrected chi connectivity index (χ3v) is 3.55. The summed E-state index contributed by atoms with van der Waals surface area (Å²) < 4.78 is 15.8. The summed E-state index contributed by atoms with van der Waals surface area (Å²) in [4.78, 5) is 0. The molecular formula is C17H15NO3. The lowest BCUT2D eigenvalue weighted by molar-refractivity contribution is 0.174. The lowest BCUT2D eigenvalue weighted by Gasteiger charge is -2.11. The molecule has 0 saturated carbocycles. The van der Waals surface area contributed by atoms with Crippen molar-refractivity contribution >= 4 is 0 Å². The van der Waals surface area contributed by atoms with Crippen LogP contribution in [0.15, 0.2) is 42.5 Å². The number of fused-ring (bicyclic) bond motifs is 1. The number of benzene rings is 2. The van der Waals surface area contributed by atoms with E-state index in [0.29, 0.717) is 12.2 Å². The van der Waals surface area contributed by atoms with Crippen molar-refractivity contribution in [1.29, 1.82) is 5.26 Å². The number of hydrogen-bond acceptors (Lipinski definition) is 4. The summed E-state index contributed by atoms with van der Waals surface area (Å²) in [7, 11) is 1.64. The number of methoxy groups -OCH3 is 1. The lowest BCUT2D eigenvalue weighted by atomic mass is 9.93. The van der Waals surface area contributed by atoms with Crippen LogP contribution in [0, 0.1) is 11.3 Å². The minimum absolute atomic E-state index is 0.215. The predicted molar refractivity (Wildman–Crippen MR) is 77.6 cm³/mol. The van der Waals surface area contributed by atoms with Crippen LogP contribution in [0.5, 0.6) is 17.2 Å². The normalized spacial score (nSPS) is 13.5. The molecule has 106 valence electrons. The van der Waals surface area contributed by atoms with Gasteiger partial charge in [0.1, 0.15) is 5.75 Å². The summed E-state index contributed by atoms with van der Waals surface area (Å²) in [6, 6.07) is 15.8. The van der Waals surface area contributed by atoms with Gasteiger partial charge < -0.3 is 14.2 Å². The van der Waals surface area contributed by atoms with E-state index in [1.54, 1.807) is 7.11 Å². The first-order valence-electron chi connectivity index (χ1n) is 6.72. The summed E-state index contributed by atoms with van der Waals surface area (Å²) in [6.45, 7) is 0.245. The maximum atomic E-state index is 9.44. The van der Waals surface area contributed by atoms with Crippen LogP contribution in [-0.4, -0.2) is 13.9 Å². The van der Waals surface area contributed by atoms with Gasteiger partial charge in [0.15, 0.2) is 11.5 Å². The second-order valence-electron chi connectivity index (χ2n) is 4.85. The topological polar surface area (TPSA) is 51.5 Å². The summed E-state index contributed by atoms with van der Waals surface area (Å²) in [5.74, 6) is 2.05. The van der Waals surface area contributed by atoms with Gasteiger partial charge in [-0.3, -0.25) is 0 Å². The van der Waals surface area contributed by atoms with Crippen molar-refractivity contribution in [1.82, 2.24) is 0 Å². The van der Waals surface area contributed by atoms with E-state index >= 15 is 0 Å². The van der Waals surface area contributed by atoms with Crippen molar-refractivity contribution in [2.45, 2.75) is 12.3 Å². The van der Waals surface area contributed by atoms with Gasteiger partial charge in [0.2, 0.25) is 6.79 Å². The van der Waals surface area contributed by atoms with Gasteiger partial charge in [-0.05, 0) is 41.8 Å². The molecule has 1 unspecified atom stereocenters. The third kappa shape index (κ3) is 2.77. The molecule has 0 aromatic heterocycles. The fraction of sp³-hybridized carbons (Fsp3) is 0.235. The average Bonchev–Trinajstić information content (AvgIpc) is 3.00. The SMILES string of the molecule is COc1ccc(CC(C#N)c2ccc3c(c2)OCO3)cc1. The van der Waals surface area contributed by atoms with E-state index in [4.69, 9.17) is 14.2 Å². The number of rotatable bonds is 4. The molecule has 0 N–H and O–H groups in total. The quantitative estimate of drug-likeness (QED) is 0.863. The van der Waals surface area contributed by atoms with Gasteiger partial charge in [0.05, 0.1) is 19.1 Å². The molecule has 3 rings (SSSR count). The average molecular weight is 281 g/mol. The van der Waals surface area contributed by atoms with E-state index in [1.165, 1.54) is 0 Å². The van der Waals surface area contributed by atoms with Gasteiger partial charge in [-0.25, -0.2) is 0 Å². The van der Waals surface area contributed by atoms with E-state index in [1.807, 2.05) is 42.5 Å². The summed E-state index contributed by atoms with van der Waals surface area (Å²) in [5, 5.41) is 9.44. The monoisotopic (exact) mass is 281 g/mol. The molecule has 0 saturated heterocycles. The second-order valence-corrected chi connectivity index (χ2v) is 4.85. The van der Waals surface area contributed by atoms with E-state index in [-0.39, 0.29) is 12.7 Å². The first kappa shape index (κ1) is 13.3. The Morgan fingerprint density at radius 2 is 1.90 bits per heavy atom. The summed E-state index contributed by atoms with van der Waals surface area (Å²) >= 11 is 0. The zero-order valence-corrected chi connectivity index (χ0v) is 11.7. The van der Waals surface area contributed by atoms with E-state index in [9.17, 15) is 5.26 Å². The zero-order valence-electron chi connectivity index (χ0n) is 11.7. The number of nitrogens with zero attached hydrogens (tertiary/aromatic N) is 1. The van der Waals surface area contributed by atoms with E-state index in [2.05, 4.69) is 6.07 Å². The lowest BCUT2D eigenvalue weighted by Crippen LogP contribution is -2.00. The Balaban J connectivity index is 1.80. The van der Waals surface area contributed by atoms with Gasteiger partial charge in [0, 0.05) is 0 Å². The first-order chi connectivity index (χ1) is 10.3. The molecule has 0 radical (unpaired) electrons.